The summed E-state index contributed by atoms with van der Waals surface area (Å²) in [6.07, 6.45) is 0.843. The number of Topliss-reactive ketones (excluding diaryl/α,β-unsaturated/α-hetero) is 1. The molecule has 3 aromatic rings. The fraction of sp³-hybridized carbons (Fsp3) is 0.185. The first-order valence-corrected chi connectivity index (χ1v) is 11.1. The fourth-order valence-electron chi connectivity index (χ4n) is 4.10. The number of methoxy groups -OCH3 is 2. The van der Waals surface area contributed by atoms with Crippen molar-refractivity contribution in [1.29, 1.82) is 0 Å². The van der Waals surface area contributed by atoms with Crippen LogP contribution < -0.4 is 14.4 Å². The van der Waals surface area contributed by atoms with E-state index in [2.05, 4.69) is 0 Å². The van der Waals surface area contributed by atoms with Gasteiger partial charge in [-0.1, -0.05) is 42.8 Å². The van der Waals surface area contributed by atoms with E-state index < -0.39 is 17.7 Å². The zero-order valence-corrected chi connectivity index (χ0v) is 19.8. The lowest BCUT2D eigenvalue weighted by Crippen LogP contribution is -2.29. The van der Waals surface area contributed by atoms with E-state index >= 15 is 0 Å². The van der Waals surface area contributed by atoms with E-state index in [0.29, 0.717) is 27.8 Å². The van der Waals surface area contributed by atoms with E-state index in [9.17, 15) is 14.7 Å². The van der Waals surface area contributed by atoms with Crippen molar-refractivity contribution in [1.82, 2.24) is 0 Å². The first-order chi connectivity index (χ1) is 16.4. The molecule has 1 atom stereocenters. The van der Waals surface area contributed by atoms with Gasteiger partial charge < -0.3 is 14.6 Å². The fourth-order valence-corrected chi connectivity index (χ4v) is 4.28. The molecule has 1 heterocycles. The number of amides is 1. The van der Waals surface area contributed by atoms with Crippen molar-refractivity contribution in [2.75, 3.05) is 19.1 Å². The number of anilines is 1. The highest BCUT2D eigenvalue weighted by atomic mass is 35.5. The van der Waals surface area contributed by atoms with E-state index in [4.69, 9.17) is 21.1 Å². The van der Waals surface area contributed by atoms with Crippen LogP contribution in [0.25, 0.3) is 5.76 Å². The average Bonchev–Trinajstić information content (AvgIpc) is 3.13. The van der Waals surface area contributed by atoms with Gasteiger partial charge in [0.05, 0.1) is 31.4 Å². The van der Waals surface area contributed by atoms with E-state index in [1.165, 1.54) is 18.1 Å². The third-order valence-corrected chi connectivity index (χ3v) is 6.15. The van der Waals surface area contributed by atoms with Crippen molar-refractivity contribution >= 4 is 34.7 Å². The van der Waals surface area contributed by atoms with Crippen molar-refractivity contribution in [3.8, 4) is 11.5 Å². The number of hydrogen-bond acceptors (Lipinski definition) is 5. The second-order valence-corrected chi connectivity index (χ2v) is 8.24. The van der Waals surface area contributed by atoms with Gasteiger partial charge in [-0.3, -0.25) is 14.5 Å². The zero-order chi connectivity index (χ0) is 24.4. The van der Waals surface area contributed by atoms with E-state index in [0.717, 1.165) is 12.0 Å². The van der Waals surface area contributed by atoms with Crippen LogP contribution in [-0.4, -0.2) is 31.0 Å². The van der Waals surface area contributed by atoms with Crippen LogP contribution >= 0.6 is 11.6 Å². The van der Waals surface area contributed by atoms with E-state index in [1.54, 1.807) is 55.6 Å². The highest BCUT2D eigenvalue weighted by Crippen LogP contribution is 2.43. The van der Waals surface area contributed by atoms with Crippen LogP contribution in [0.5, 0.6) is 11.5 Å². The lowest BCUT2D eigenvalue weighted by Gasteiger charge is -2.26. The lowest BCUT2D eigenvalue weighted by atomic mass is 9.94. The molecular formula is C27H24ClNO5. The number of hydrogen-bond donors (Lipinski definition) is 1. The third kappa shape index (κ3) is 4.13. The Morgan fingerprint density at radius 1 is 0.971 bits per heavy atom. The Hall–Kier alpha value is -3.77. The lowest BCUT2D eigenvalue weighted by molar-refractivity contribution is -0.132. The van der Waals surface area contributed by atoms with Crippen molar-refractivity contribution in [2.24, 2.45) is 0 Å². The molecule has 1 unspecified atom stereocenters. The summed E-state index contributed by atoms with van der Waals surface area (Å²) in [5.74, 6) is -0.919. The molecule has 0 radical (unpaired) electrons. The quantitative estimate of drug-likeness (QED) is 0.286. The molecule has 1 N–H and O–H groups in total. The van der Waals surface area contributed by atoms with Crippen molar-refractivity contribution in [2.45, 2.75) is 19.4 Å². The summed E-state index contributed by atoms with van der Waals surface area (Å²) < 4.78 is 10.6. The summed E-state index contributed by atoms with van der Waals surface area (Å²) in [6, 6.07) is 18.3. The van der Waals surface area contributed by atoms with Crippen LogP contribution in [0.1, 0.15) is 29.7 Å². The predicted octanol–water partition coefficient (Wildman–Crippen LogP) is 5.55. The van der Waals surface area contributed by atoms with Gasteiger partial charge in [0.2, 0.25) is 0 Å². The topological polar surface area (TPSA) is 76.1 Å². The Morgan fingerprint density at radius 3 is 2.24 bits per heavy atom. The Morgan fingerprint density at radius 2 is 1.65 bits per heavy atom. The smallest absolute Gasteiger partial charge is 0.300 e. The molecular weight excluding hydrogens is 454 g/mol. The Balaban J connectivity index is 1.95. The van der Waals surface area contributed by atoms with Crippen molar-refractivity contribution in [3.05, 3.63) is 94.0 Å². The number of benzene rings is 3. The Labute approximate surface area is 203 Å². The first kappa shape index (κ1) is 23.4. The van der Waals surface area contributed by atoms with Gasteiger partial charge in [-0.2, -0.15) is 0 Å². The number of aliphatic hydroxyl groups excluding tert-OH is 1. The summed E-state index contributed by atoms with van der Waals surface area (Å²) >= 11 is 6.16. The molecule has 1 aliphatic rings. The molecule has 174 valence electrons. The summed E-state index contributed by atoms with van der Waals surface area (Å²) in [5.41, 5.74) is 2.48. The maximum atomic E-state index is 13.3. The summed E-state index contributed by atoms with van der Waals surface area (Å²) in [4.78, 5) is 28.0. The highest BCUT2D eigenvalue weighted by molar-refractivity contribution is 6.51. The minimum atomic E-state index is -0.859. The second-order valence-electron chi connectivity index (χ2n) is 7.81. The highest BCUT2D eigenvalue weighted by Gasteiger charge is 2.47. The Bertz CT molecular complexity index is 1270. The number of nitrogens with zero attached hydrogens (tertiary/aromatic N) is 1. The van der Waals surface area contributed by atoms with Crippen molar-refractivity contribution in [3.63, 3.8) is 0 Å². The van der Waals surface area contributed by atoms with Crippen LogP contribution in [0.3, 0.4) is 0 Å². The molecule has 4 rings (SSSR count). The number of aryl methyl sites for hydroxylation is 1. The van der Waals surface area contributed by atoms with Gasteiger partial charge in [-0.25, -0.2) is 0 Å². The second kappa shape index (κ2) is 9.61. The van der Waals surface area contributed by atoms with Gasteiger partial charge in [0.1, 0.15) is 17.3 Å². The van der Waals surface area contributed by atoms with E-state index in [1.807, 2.05) is 19.1 Å². The average molecular weight is 478 g/mol. The number of aliphatic hydroxyl groups is 1. The molecule has 34 heavy (non-hydrogen) atoms. The van der Waals surface area contributed by atoms with Crippen LogP contribution in [-0.2, 0) is 16.0 Å². The Kier molecular flexibility index (Phi) is 6.61. The number of ether oxygens (including phenoxy) is 2. The molecule has 1 fully saturated rings. The molecule has 0 aliphatic carbocycles. The number of carbonyl (C=O) groups is 2. The summed E-state index contributed by atoms with van der Waals surface area (Å²) in [5, 5.41) is 11.7. The number of halogens is 1. The van der Waals surface area contributed by atoms with Gasteiger partial charge in [0.15, 0.2) is 0 Å². The number of ketones is 1. The number of carbonyl (C=O) groups excluding carboxylic acids is 2. The van der Waals surface area contributed by atoms with E-state index in [-0.39, 0.29) is 16.9 Å². The maximum Gasteiger partial charge on any atom is 0.300 e. The molecule has 0 spiro atoms. The first-order valence-electron chi connectivity index (χ1n) is 10.8. The third-order valence-electron chi connectivity index (χ3n) is 5.92. The summed E-state index contributed by atoms with van der Waals surface area (Å²) in [7, 11) is 3.01. The predicted molar refractivity (Wildman–Crippen MR) is 132 cm³/mol. The standard InChI is InChI=1S/C27H24ClNO5/c1-4-16-5-10-19(11-6-16)29-24(17-7-12-20(33-2)13-8-17)23(26(31)27(29)32)25(30)21-15-18(28)9-14-22(21)34-3/h5-15,24,30H,4H2,1-3H3/b25-23+. The monoisotopic (exact) mass is 477 g/mol. The van der Waals surface area contributed by atoms with Crippen LogP contribution in [0.2, 0.25) is 5.02 Å². The molecule has 0 bridgehead atoms. The summed E-state index contributed by atoms with van der Waals surface area (Å²) in [6.45, 7) is 2.04. The SMILES string of the molecule is CCc1ccc(N2C(=O)C(=O)/C(=C(/O)c3cc(Cl)ccc3OC)C2c2ccc(OC)cc2)cc1. The largest absolute Gasteiger partial charge is 0.507 e. The van der Waals surface area contributed by atoms with Gasteiger partial charge >= 0.3 is 0 Å². The van der Waals surface area contributed by atoms with Crippen LogP contribution in [0.15, 0.2) is 72.3 Å². The minimum absolute atomic E-state index is 0.0460. The zero-order valence-electron chi connectivity index (χ0n) is 19.0. The molecule has 1 amide bonds. The van der Waals surface area contributed by atoms with Crippen molar-refractivity contribution < 1.29 is 24.2 Å². The molecule has 0 aromatic heterocycles. The van der Waals surface area contributed by atoms with Crippen LogP contribution in [0, 0.1) is 0 Å². The van der Waals surface area contributed by atoms with Gasteiger partial charge in [-0.15, -0.1) is 0 Å². The van der Waals surface area contributed by atoms with Crippen LogP contribution in [0.4, 0.5) is 5.69 Å². The maximum absolute atomic E-state index is 13.3. The minimum Gasteiger partial charge on any atom is -0.507 e. The number of rotatable bonds is 6. The molecule has 3 aromatic carbocycles. The van der Waals surface area contributed by atoms with Gasteiger partial charge in [0, 0.05) is 10.7 Å². The molecule has 0 saturated carbocycles. The van der Waals surface area contributed by atoms with Gasteiger partial charge in [-0.05, 0) is 60.0 Å². The normalized spacial score (nSPS) is 17.2. The molecule has 7 heteroatoms. The molecule has 6 nitrogen and oxygen atoms in total. The molecule has 1 saturated heterocycles. The molecule has 1 aliphatic heterocycles. The van der Waals surface area contributed by atoms with Gasteiger partial charge in [0.25, 0.3) is 11.7 Å².